The molecule has 0 aliphatic carbocycles. The molecule has 0 amide bonds. The van der Waals surface area contributed by atoms with Gasteiger partial charge in [0.05, 0.1) is 9.90 Å². The second kappa shape index (κ2) is 7.66. The Morgan fingerprint density at radius 1 is 1.08 bits per heavy atom. The zero-order valence-corrected chi connectivity index (χ0v) is 16.5. The number of nitrogens with zero attached hydrogens (tertiary/aromatic N) is 3. The highest BCUT2D eigenvalue weighted by Crippen LogP contribution is 2.41. The van der Waals surface area contributed by atoms with E-state index in [2.05, 4.69) is 40.5 Å². The molecule has 0 unspecified atom stereocenters. The van der Waals surface area contributed by atoms with Crippen LogP contribution in [0.25, 0.3) is 26.9 Å². The Morgan fingerprint density at radius 3 is 2.65 bits per heavy atom. The zero-order valence-electron chi connectivity index (χ0n) is 14.1. The average Bonchev–Trinajstić information content (AvgIpc) is 3.20. The van der Waals surface area contributed by atoms with Crippen LogP contribution in [-0.2, 0) is 7.05 Å². The molecule has 0 aliphatic heterocycles. The van der Waals surface area contributed by atoms with Gasteiger partial charge in [-0.3, -0.25) is 0 Å². The van der Waals surface area contributed by atoms with Crippen molar-refractivity contribution in [3.8, 4) is 10.7 Å². The van der Waals surface area contributed by atoms with E-state index in [0.717, 1.165) is 36.7 Å². The van der Waals surface area contributed by atoms with Gasteiger partial charge in [0.2, 0.25) is 0 Å². The smallest absolute Gasteiger partial charge is 0.191 e. The molecule has 0 spiro atoms. The van der Waals surface area contributed by atoms with Crippen molar-refractivity contribution in [3.63, 3.8) is 0 Å². The molecule has 2 aromatic carbocycles. The first-order valence-corrected chi connectivity index (χ1v) is 10.3. The first-order chi connectivity index (χ1) is 12.7. The van der Waals surface area contributed by atoms with Crippen LogP contribution < -0.4 is 0 Å². The van der Waals surface area contributed by atoms with Crippen molar-refractivity contribution < 1.29 is 0 Å². The van der Waals surface area contributed by atoms with Gasteiger partial charge in [0.1, 0.15) is 0 Å². The molecule has 4 rings (SSSR count). The maximum atomic E-state index is 6.58. The third-order valence-electron chi connectivity index (χ3n) is 3.99. The van der Waals surface area contributed by atoms with Crippen LogP contribution in [0.5, 0.6) is 0 Å². The second-order valence-electron chi connectivity index (χ2n) is 5.73. The molecular weight excluding hydrogens is 382 g/mol. The largest absolute Gasteiger partial charge is 0.304 e. The number of fused-ring (bicyclic) bond motifs is 1. The summed E-state index contributed by atoms with van der Waals surface area (Å²) < 4.78 is 3.17. The van der Waals surface area contributed by atoms with Gasteiger partial charge in [-0.1, -0.05) is 84.0 Å². The maximum Gasteiger partial charge on any atom is 0.191 e. The van der Waals surface area contributed by atoms with Crippen molar-refractivity contribution in [3.05, 3.63) is 71.3 Å². The standard InChI is InChI=1S/C20H16ClN3S2/c1-24-19(18-17(21)15-11-5-6-12-16(15)26-18)22-23-20(24)25-13-7-10-14-8-3-2-4-9-14/h2-12H,13H2,1H3/b10-7+. The number of hydrogen-bond acceptors (Lipinski definition) is 4. The van der Waals surface area contributed by atoms with Crippen LogP contribution in [0.15, 0.2) is 65.8 Å². The number of benzene rings is 2. The predicted molar refractivity (Wildman–Crippen MR) is 113 cm³/mol. The van der Waals surface area contributed by atoms with Crippen LogP contribution in [0.4, 0.5) is 0 Å². The predicted octanol–water partition coefficient (Wildman–Crippen LogP) is 6.16. The van der Waals surface area contributed by atoms with Crippen LogP contribution in [0, 0.1) is 0 Å². The number of hydrogen-bond donors (Lipinski definition) is 0. The fraction of sp³-hybridized carbons (Fsp3) is 0.100. The average molecular weight is 398 g/mol. The minimum Gasteiger partial charge on any atom is -0.304 e. The molecule has 4 aromatic rings. The van der Waals surface area contributed by atoms with Crippen LogP contribution in [-0.4, -0.2) is 20.5 Å². The SMILES string of the molecule is Cn1c(SC/C=C/c2ccccc2)nnc1-c1sc2ccccc2c1Cl. The Kier molecular flexibility index (Phi) is 5.11. The van der Waals surface area contributed by atoms with Crippen molar-refractivity contribution in [2.75, 3.05) is 5.75 Å². The summed E-state index contributed by atoms with van der Waals surface area (Å²) in [5, 5.41) is 11.4. The third-order valence-corrected chi connectivity index (χ3v) is 6.64. The quantitative estimate of drug-likeness (QED) is 0.378. The number of thioether (sulfide) groups is 1. The van der Waals surface area contributed by atoms with Gasteiger partial charge >= 0.3 is 0 Å². The summed E-state index contributed by atoms with van der Waals surface area (Å²) in [5.74, 6) is 1.65. The third kappa shape index (κ3) is 3.43. The molecule has 130 valence electrons. The van der Waals surface area contributed by atoms with E-state index in [1.807, 2.05) is 48.0 Å². The van der Waals surface area contributed by atoms with Gasteiger partial charge in [-0.2, -0.15) is 0 Å². The van der Waals surface area contributed by atoms with E-state index in [1.54, 1.807) is 23.1 Å². The maximum absolute atomic E-state index is 6.58. The Bertz CT molecular complexity index is 1070. The molecule has 2 heterocycles. The fourth-order valence-electron chi connectivity index (χ4n) is 2.67. The number of thiophene rings is 1. The highest BCUT2D eigenvalue weighted by molar-refractivity contribution is 7.99. The van der Waals surface area contributed by atoms with E-state index in [1.165, 1.54) is 5.56 Å². The lowest BCUT2D eigenvalue weighted by Crippen LogP contribution is -1.94. The lowest BCUT2D eigenvalue weighted by Gasteiger charge is -2.01. The molecule has 3 nitrogen and oxygen atoms in total. The van der Waals surface area contributed by atoms with E-state index >= 15 is 0 Å². The van der Waals surface area contributed by atoms with E-state index < -0.39 is 0 Å². The Balaban J connectivity index is 1.52. The summed E-state index contributed by atoms with van der Waals surface area (Å²) in [4.78, 5) is 0.967. The van der Waals surface area contributed by atoms with Gasteiger partial charge in [-0.25, -0.2) is 0 Å². The molecular formula is C20H16ClN3S2. The first-order valence-electron chi connectivity index (χ1n) is 8.15. The minimum absolute atomic E-state index is 0.752. The summed E-state index contributed by atoms with van der Waals surface area (Å²) in [7, 11) is 1.99. The molecule has 0 bridgehead atoms. The van der Waals surface area contributed by atoms with Crippen LogP contribution in [0.3, 0.4) is 0 Å². The van der Waals surface area contributed by atoms with E-state index in [0.29, 0.717) is 0 Å². The monoisotopic (exact) mass is 397 g/mol. The summed E-state index contributed by atoms with van der Waals surface area (Å²) in [6.07, 6.45) is 4.26. The lowest BCUT2D eigenvalue weighted by atomic mass is 10.2. The van der Waals surface area contributed by atoms with Gasteiger partial charge in [0, 0.05) is 22.9 Å². The van der Waals surface area contributed by atoms with Gasteiger partial charge in [0.25, 0.3) is 0 Å². The molecule has 0 saturated carbocycles. The van der Waals surface area contributed by atoms with Crippen molar-refractivity contribution in [2.24, 2.45) is 7.05 Å². The van der Waals surface area contributed by atoms with Crippen molar-refractivity contribution >= 4 is 50.9 Å². The van der Waals surface area contributed by atoms with Crippen LogP contribution in [0.2, 0.25) is 5.02 Å². The van der Waals surface area contributed by atoms with Crippen LogP contribution in [0.1, 0.15) is 5.56 Å². The number of halogens is 1. The van der Waals surface area contributed by atoms with Crippen molar-refractivity contribution in [1.82, 2.24) is 14.8 Å². The Labute approximate surface area is 165 Å². The van der Waals surface area contributed by atoms with Gasteiger partial charge in [0.15, 0.2) is 11.0 Å². The summed E-state index contributed by atoms with van der Waals surface area (Å²) in [6.45, 7) is 0. The summed E-state index contributed by atoms with van der Waals surface area (Å²) in [6, 6.07) is 18.4. The summed E-state index contributed by atoms with van der Waals surface area (Å²) >= 11 is 9.89. The van der Waals surface area contributed by atoms with Crippen molar-refractivity contribution in [2.45, 2.75) is 5.16 Å². The molecule has 2 aromatic heterocycles. The van der Waals surface area contributed by atoms with Crippen molar-refractivity contribution in [1.29, 1.82) is 0 Å². The lowest BCUT2D eigenvalue weighted by molar-refractivity contribution is 0.796. The highest BCUT2D eigenvalue weighted by atomic mass is 35.5. The van der Waals surface area contributed by atoms with Gasteiger partial charge in [-0.05, 0) is 11.6 Å². The Morgan fingerprint density at radius 2 is 1.85 bits per heavy atom. The Hall–Kier alpha value is -2.08. The normalized spacial score (nSPS) is 11.6. The fourth-order valence-corrected chi connectivity index (χ4v) is 4.92. The van der Waals surface area contributed by atoms with E-state index in [9.17, 15) is 0 Å². The van der Waals surface area contributed by atoms with Gasteiger partial charge < -0.3 is 4.57 Å². The summed E-state index contributed by atoms with van der Waals surface area (Å²) in [5.41, 5.74) is 1.20. The highest BCUT2D eigenvalue weighted by Gasteiger charge is 2.18. The van der Waals surface area contributed by atoms with Gasteiger partial charge in [-0.15, -0.1) is 21.5 Å². The topological polar surface area (TPSA) is 30.7 Å². The number of aromatic nitrogens is 3. The van der Waals surface area contributed by atoms with E-state index in [4.69, 9.17) is 11.6 Å². The molecule has 0 saturated heterocycles. The molecule has 0 atom stereocenters. The van der Waals surface area contributed by atoms with Crippen LogP contribution >= 0.6 is 34.7 Å². The second-order valence-corrected chi connectivity index (χ2v) is 8.15. The molecule has 0 fully saturated rings. The minimum atomic E-state index is 0.752. The zero-order chi connectivity index (χ0) is 17.9. The molecule has 0 N–H and O–H groups in total. The molecule has 0 radical (unpaired) electrons. The number of rotatable bonds is 5. The molecule has 6 heteroatoms. The molecule has 26 heavy (non-hydrogen) atoms. The first kappa shape index (κ1) is 17.3. The molecule has 0 aliphatic rings. The van der Waals surface area contributed by atoms with E-state index in [-0.39, 0.29) is 0 Å².